The Balaban J connectivity index is 1.45. The normalized spacial score (nSPS) is 21.3. The van der Waals surface area contributed by atoms with Crippen LogP contribution in [0.5, 0.6) is 11.5 Å². The van der Waals surface area contributed by atoms with Crippen LogP contribution in [0.2, 0.25) is 5.02 Å². The van der Waals surface area contributed by atoms with Crippen molar-refractivity contribution in [2.45, 2.75) is 51.1 Å². The van der Waals surface area contributed by atoms with Crippen molar-refractivity contribution in [1.29, 1.82) is 0 Å². The molecule has 5 rings (SSSR count). The number of likely N-dealkylation sites (tertiary alicyclic amines) is 1. The number of ether oxygens (including phenoxy) is 2. The zero-order valence-electron chi connectivity index (χ0n) is 15.7. The molecule has 7 nitrogen and oxygen atoms in total. The number of fused-ring (bicyclic) bond motifs is 2. The topological polar surface area (TPSA) is 69.5 Å². The van der Waals surface area contributed by atoms with Crippen LogP contribution in [-0.4, -0.2) is 45.3 Å². The molecule has 0 unspecified atom stereocenters. The van der Waals surface area contributed by atoms with Gasteiger partial charge >= 0.3 is 0 Å². The van der Waals surface area contributed by atoms with Gasteiger partial charge in [0.2, 0.25) is 0 Å². The second-order valence-corrected chi connectivity index (χ2v) is 7.98. The number of hydrogen-bond acceptors (Lipinski definition) is 5. The lowest BCUT2D eigenvalue weighted by molar-refractivity contribution is 0.0726. The highest BCUT2D eigenvalue weighted by Gasteiger charge is 2.35. The molecule has 3 aliphatic rings. The van der Waals surface area contributed by atoms with E-state index in [1.165, 1.54) is 6.42 Å². The molecule has 28 heavy (non-hydrogen) atoms. The number of aromatic nitrogens is 3. The third-order valence-corrected chi connectivity index (χ3v) is 6.07. The summed E-state index contributed by atoms with van der Waals surface area (Å²) in [6.45, 7) is 2.56. The summed E-state index contributed by atoms with van der Waals surface area (Å²) in [5, 5.41) is 9.31. The minimum atomic E-state index is -0.0488. The van der Waals surface area contributed by atoms with Gasteiger partial charge in [-0.25, -0.2) is 0 Å². The van der Waals surface area contributed by atoms with Gasteiger partial charge in [-0.05, 0) is 37.8 Å². The minimum absolute atomic E-state index is 0.0428. The van der Waals surface area contributed by atoms with Crippen LogP contribution in [0.3, 0.4) is 0 Å². The molecule has 3 aliphatic heterocycles. The first-order chi connectivity index (χ1) is 13.7. The molecule has 1 fully saturated rings. The standard InChI is InChI=1S/C20H23ClN4O3/c21-14-11-13(12-16-18(14)28-10-9-27-16)20(26)24-8-4-5-15(24)19-23-22-17-6-2-1-3-7-25(17)19/h11-12,15H,1-10H2/t15-/m1/s1. The smallest absolute Gasteiger partial charge is 0.254 e. The highest BCUT2D eigenvalue weighted by atomic mass is 35.5. The lowest BCUT2D eigenvalue weighted by atomic mass is 10.1. The molecule has 0 bridgehead atoms. The van der Waals surface area contributed by atoms with Gasteiger partial charge in [-0.1, -0.05) is 18.0 Å². The van der Waals surface area contributed by atoms with Crippen LogP contribution in [0.25, 0.3) is 0 Å². The fourth-order valence-corrected chi connectivity index (χ4v) is 4.70. The van der Waals surface area contributed by atoms with E-state index in [1.54, 1.807) is 12.1 Å². The van der Waals surface area contributed by atoms with Crippen LogP contribution >= 0.6 is 11.6 Å². The second kappa shape index (κ2) is 7.28. The molecular weight excluding hydrogens is 380 g/mol. The fourth-order valence-electron chi connectivity index (χ4n) is 4.43. The van der Waals surface area contributed by atoms with Crippen molar-refractivity contribution in [3.05, 3.63) is 34.4 Å². The van der Waals surface area contributed by atoms with Crippen molar-refractivity contribution in [2.24, 2.45) is 0 Å². The average molecular weight is 403 g/mol. The van der Waals surface area contributed by atoms with E-state index in [1.807, 2.05) is 4.90 Å². The molecule has 1 amide bonds. The molecule has 1 aromatic heterocycles. The molecular formula is C20H23ClN4O3. The van der Waals surface area contributed by atoms with Crippen molar-refractivity contribution >= 4 is 17.5 Å². The third kappa shape index (κ3) is 3.02. The van der Waals surface area contributed by atoms with Crippen LogP contribution in [0.1, 0.15) is 60.2 Å². The Morgan fingerprint density at radius 3 is 2.89 bits per heavy atom. The van der Waals surface area contributed by atoms with Crippen molar-refractivity contribution in [1.82, 2.24) is 19.7 Å². The SMILES string of the molecule is O=C(c1cc(Cl)c2c(c1)OCCO2)N1CCC[C@@H]1c1nnc2n1CCCCC2. The summed E-state index contributed by atoms with van der Waals surface area (Å²) in [7, 11) is 0. The minimum Gasteiger partial charge on any atom is -0.486 e. The van der Waals surface area contributed by atoms with E-state index in [9.17, 15) is 4.79 Å². The number of carbonyl (C=O) groups excluding carboxylic acids is 1. The summed E-state index contributed by atoms with van der Waals surface area (Å²) in [5.41, 5.74) is 0.525. The fraction of sp³-hybridized carbons (Fsp3) is 0.550. The van der Waals surface area contributed by atoms with Gasteiger partial charge < -0.3 is 18.9 Å². The van der Waals surface area contributed by atoms with Crippen molar-refractivity contribution in [3.8, 4) is 11.5 Å². The highest BCUT2D eigenvalue weighted by molar-refractivity contribution is 6.32. The van der Waals surface area contributed by atoms with Gasteiger partial charge in [0.1, 0.15) is 19.0 Å². The predicted octanol–water partition coefficient (Wildman–Crippen LogP) is 3.41. The Morgan fingerprint density at radius 1 is 1.07 bits per heavy atom. The number of amides is 1. The Hall–Kier alpha value is -2.28. The van der Waals surface area contributed by atoms with Gasteiger partial charge in [0.05, 0.1) is 11.1 Å². The maximum absolute atomic E-state index is 13.3. The van der Waals surface area contributed by atoms with E-state index in [0.717, 1.165) is 50.3 Å². The van der Waals surface area contributed by atoms with E-state index in [2.05, 4.69) is 14.8 Å². The quantitative estimate of drug-likeness (QED) is 0.769. The summed E-state index contributed by atoms with van der Waals surface area (Å²) in [6.07, 6.45) is 6.33. The zero-order chi connectivity index (χ0) is 19.1. The molecule has 0 spiro atoms. The summed E-state index contributed by atoms with van der Waals surface area (Å²) in [4.78, 5) is 15.2. The lowest BCUT2D eigenvalue weighted by Gasteiger charge is -2.26. The Bertz CT molecular complexity index is 913. The van der Waals surface area contributed by atoms with Gasteiger partial charge in [0.15, 0.2) is 17.3 Å². The molecule has 0 N–H and O–H groups in total. The first-order valence-corrected chi connectivity index (χ1v) is 10.4. The highest BCUT2D eigenvalue weighted by Crippen LogP contribution is 2.40. The molecule has 148 valence electrons. The van der Waals surface area contributed by atoms with Crippen LogP contribution in [-0.2, 0) is 13.0 Å². The number of benzene rings is 1. The van der Waals surface area contributed by atoms with E-state index >= 15 is 0 Å². The summed E-state index contributed by atoms with van der Waals surface area (Å²) >= 11 is 6.34. The molecule has 1 aromatic carbocycles. The van der Waals surface area contributed by atoms with Gasteiger partial charge in [-0.15, -0.1) is 10.2 Å². The molecule has 0 radical (unpaired) electrons. The molecule has 1 atom stereocenters. The second-order valence-electron chi connectivity index (χ2n) is 7.58. The zero-order valence-corrected chi connectivity index (χ0v) is 16.5. The maximum Gasteiger partial charge on any atom is 0.254 e. The summed E-state index contributed by atoms with van der Waals surface area (Å²) in [5.74, 6) is 2.98. The third-order valence-electron chi connectivity index (χ3n) is 5.79. The molecule has 0 saturated carbocycles. The maximum atomic E-state index is 13.3. The van der Waals surface area contributed by atoms with Crippen LogP contribution in [0, 0.1) is 0 Å². The number of hydrogen-bond donors (Lipinski definition) is 0. The number of aryl methyl sites for hydroxylation is 1. The van der Waals surface area contributed by atoms with E-state index in [-0.39, 0.29) is 11.9 Å². The molecule has 4 heterocycles. The Morgan fingerprint density at radius 2 is 1.96 bits per heavy atom. The van der Waals surface area contributed by atoms with Crippen LogP contribution in [0.15, 0.2) is 12.1 Å². The predicted molar refractivity (Wildman–Crippen MR) is 103 cm³/mol. The average Bonchev–Trinajstić information content (AvgIpc) is 3.28. The molecule has 8 heteroatoms. The van der Waals surface area contributed by atoms with E-state index < -0.39 is 0 Å². The number of nitrogens with zero attached hydrogens (tertiary/aromatic N) is 4. The number of rotatable bonds is 2. The lowest BCUT2D eigenvalue weighted by Crippen LogP contribution is -2.32. The summed E-state index contributed by atoms with van der Waals surface area (Å²) in [6, 6.07) is 3.37. The molecule has 2 aromatic rings. The first-order valence-electron chi connectivity index (χ1n) is 10.0. The van der Waals surface area contributed by atoms with E-state index in [4.69, 9.17) is 21.1 Å². The Labute approximate surface area is 168 Å². The summed E-state index contributed by atoms with van der Waals surface area (Å²) < 4.78 is 13.4. The van der Waals surface area contributed by atoms with Gasteiger partial charge in [-0.2, -0.15) is 0 Å². The van der Waals surface area contributed by atoms with Gasteiger partial charge in [-0.3, -0.25) is 4.79 Å². The number of halogens is 1. The Kier molecular flexibility index (Phi) is 4.62. The van der Waals surface area contributed by atoms with Gasteiger partial charge in [0, 0.05) is 25.1 Å². The molecule has 0 aliphatic carbocycles. The largest absolute Gasteiger partial charge is 0.486 e. The molecule has 1 saturated heterocycles. The first kappa shape index (κ1) is 17.8. The van der Waals surface area contributed by atoms with E-state index in [0.29, 0.717) is 41.8 Å². The van der Waals surface area contributed by atoms with Crippen molar-refractivity contribution in [2.75, 3.05) is 19.8 Å². The van der Waals surface area contributed by atoms with Crippen molar-refractivity contribution < 1.29 is 14.3 Å². The van der Waals surface area contributed by atoms with Crippen LogP contribution in [0.4, 0.5) is 0 Å². The van der Waals surface area contributed by atoms with Crippen LogP contribution < -0.4 is 9.47 Å². The monoisotopic (exact) mass is 402 g/mol. The number of carbonyl (C=O) groups is 1. The van der Waals surface area contributed by atoms with Crippen molar-refractivity contribution in [3.63, 3.8) is 0 Å². The van der Waals surface area contributed by atoms with Gasteiger partial charge in [0.25, 0.3) is 5.91 Å².